The molecule has 3 N–H and O–H groups in total. The maximum atomic E-state index is 12.8. The van der Waals surface area contributed by atoms with Gasteiger partial charge in [-0.3, -0.25) is 9.89 Å². The summed E-state index contributed by atoms with van der Waals surface area (Å²) in [4.78, 5) is 14.9. The number of piperidine rings is 1. The minimum absolute atomic E-state index is 0. The number of rotatable bonds is 2. The molecule has 22 heavy (non-hydrogen) atoms. The van der Waals surface area contributed by atoms with Crippen LogP contribution in [-0.2, 0) is 4.79 Å². The third kappa shape index (κ3) is 4.15. The highest BCUT2D eigenvalue weighted by atomic mass is 35.5. The molecule has 2 heterocycles. The highest BCUT2D eigenvalue weighted by molar-refractivity contribution is 5.85. The Bertz CT molecular complexity index is 454. The van der Waals surface area contributed by atoms with Gasteiger partial charge in [-0.15, -0.1) is 24.8 Å². The molecule has 3 rings (SSSR count). The molecule has 1 aromatic rings. The summed E-state index contributed by atoms with van der Waals surface area (Å²) in [6.07, 6.45) is 11.1. The summed E-state index contributed by atoms with van der Waals surface area (Å²) in [6, 6.07) is 0.406. The predicted molar refractivity (Wildman–Crippen MR) is 91.3 cm³/mol. The van der Waals surface area contributed by atoms with Gasteiger partial charge in [-0.05, 0) is 38.5 Å². The largest absolute Gasteiger partial charge is 0.335 e. The van der Waals surface area contributed by atoms with Gasteiger partial charge < -0.3 is 10.6 Å². The van der Waals surface area contributed by atoms with Crippen molar-refractivity contribution >= 4 is 30.7 Å². The monoisotopic (exact) mass is 348 g/mol. The van der Waals surface area contributed by atoms with E-state index in [9.17, 15) is 4.79 Å². The molecular formula is C15H26Cl2N4O. The minimum Gasteiger partial charge on any atom is -0.335 e. The maximum Gasteiger partial charge on any atom is 0.226 e. The predicted octanol–water partition coefficient (Wildman–Crippen LogP) is 2.82. The number of aromatic amines is 1. The van der Waals surface area contributed by atoms with Crippen LogP contribution in [0.15, 0.2) is 12.4 Å². The number of nitrogens with two attached hydrogens (primary N) is 1. The van der Waals surface area contributed by atoms with Crippen LogP contribution in [0.4, 0.5) is 0 Å². The average molecular weight is 349 g/mol. The molecule has 0 spiro atoms. The SMILES string of the molecule is Cl.Cl.NC1CCCC(C(=O)N2CCCCC2c2cn[nH]c2)C1. The van der Waals surface area contributed by atoms with Gasteiger partial charge in [0.2, 0.25) is 5.91 Å². The number of aromatic nitrogens is 2. The Hall–Kier alpha value is -0.780. The van der Waals surface area contributed by atoms with Gasteiger partial charge in [0.1, 0.15) is 0 Å². The molecule has 2 fully saturated rings. The molecule has 5 nitrogen and oxygen atoms in total. The van der Waals surface area contributed by atoms with Crippen molar-refractivity contribution in [2.24, 2.45) is 11.7 Å². The van der Waals surface area contributed by atoms with Crippen molar-refractivity contribution in [3.8, 4) is 0 Å². The van der Waals surface area contributed by atoms with Crippen molar-refractivity contribution in [2.75, 3.05) is 6.54 Å². The number of nitrogens with zero attached hydrogens (tertiary/aromatic N) is 2. The highest BCUT2D eigenvalue weighted by Crippen LogP contribution is 2.34. The van der Waals surface area contributed by atoms with Gasteiger partial charge in [0.15, 0.2) is 0 Å². The van der Waals surface area contributed by atoms with Gasteiger partial charge >= 0.3 is 0 Å². The summed E-state index contributed by atoms with van der Waals surface area (Å²) >= 11 is 0. The fourth-order valence-electron chi connectivity index (χ4n) is 3.67. The molecular weight excluding hydrogens is 323 g/mol. The topological polar surface area (TPSA) is 75.0 Å². The van der Waals surface area contributed by atoms with Gasteiger partial charge in [-0.1, -0.05) is 6.42 Å². The number of halogens is 2. The molecule has 1 aromatic heterocycles. The fourth-order valence-corrected chi connectivity index (χ4v) is 3.67. The Balaban J connectivity index is 0.00000121. The standard InChI is InChI=1S/C15H24N4O.2ClH/c16-13-5-3-4-11(8-13)15(20)19-7-2-1-6-14(19)12-9-17-18-10-12;;/h9-11,13-14H,1-8,16H2,(H,17,18);2*1H. The zero-order valence-electron chi connectivity index (χ0n) is 12.7. The third-order valence-corrected chi connectivity index (χ3v) is 4.75. The molecule has 3 atom stereocenters. The number of carbonyl (C=O) groups is 1. The first kappa shape index (κ1) is 19.3. The quantitative estimate of drug-likeness (QED) is 0.862. The number of hydrogen-bond donors (Lipinski definition) is 2. The van der Waals surface area contributed by atoms with Crippen LogP contribution in [0.5, 0.6) is 0 Å². The maximum absolute atomic E-state index is 12.8. The fraction of sp³-hybridized carbons (Fsp3) is 0.733. The lowest BCUT2D eigenvalue weighted by atomic mass is 9.84. The molecule has 3 unspecified atom stereocenters. The lowest BCUT2D eigenvalue weighted by Gasteiger charge is -2.39. The summed E-state index contributed by atoms with van der Waals surface area (Å²) in [5.41, 5.74) is 7.17. The van der Waals surface area contributed by atoms with Crippen LogP contribution in [0.1, 0.15) is 56.6 Å². The van der Waals surface area contributed by atoms with Gasteiger partial charge in [0.05, 0.1) is 12.2 Å². The second-order valence-corrected chi connectivity index (χ2v) is 6.20. The molecule has 0 radical (unpaired) electrons. The molecule has 7 heteroatoms. The zero-order valence-corrected chi connectivity index (χ0v) is 14.4. The van der Waals surface area contributed by atoms with Crippen LogP contribution >= 0.6 is 24.8 Å². The van der Waals surface area contributed by atoms with E-state index in [0.29, 0.717) is 5.91 Å². The van der Waals surface area contributed by atoms with Crippen LogP contribution in [-0.4, -0.2) is 33.6 Å². The normalized spacial score (nSPS) is 28.4. The van der Waals surface area contributed by atoms with Crippen LogP contribution in [0, 0.1) is 5.92 Å². The summed E-state index contributed by atoms with van der Waals surface area (Å²) in [5.74, 6) is 0.442. The number of likely N-dealkylation sites (tertiary alicyclic amines) is 1. The van der Waals surface area contributed by atoms with E-state index in [4.69, 9.17) is 5.73 Å². The van der Waals surface area contributed by atoms with Crippen molar-refractivity contribution in [2.45, 2.75) is 57.0 Å². The number of amides is 1. The second kappa shape index (κ2) is 8.75. The van der Waals surface area contributed by atoms with Crippen LogP contribution in [0.2, 0.25) is 0 Å². The lowest BCUT2D eigenvalue weighted by molar-refractivity contribution is -0.140. The van der Waals surface area contributed by atoms with E-state index in [1.54, 1.807) is 0 Å². The number of H-pyrrole nitrogens is 1. The van der Waals surface area contributed by atoms with Crippen molar-refractivity contribution in [1.29, 1.82) is 0 Å². The van der Waals surface area contributed by atoms with Crippen LogP contribution in [0.25, 0.3) is 0 Å². The van der Waals surface area contributed by atoms with Crippen molar-refractivity contribution in [3.63, 3.8) is 0 Å². The van der Waals surface area contributed by atoms with Gasteiger partial charge in [-0.25, -0.2) is 0 Å². The molecule has 1 aliphatic carbocycles. The first-order chi connectivity index (χ1) is 9.75. The summed E-state index contributed by atoms with van der Waals surface area (Å²) in [5, 5.41) is 6.90. The molecule has 1 amide bonds. The van der Waals surface area contributed by atoms with E-state index < -0.39 is 0 Å². The van der Waals surface area contributed by atoms with Gasteiger partial charge in [0, 0.05) is 30.3 Å². The summed E-state index contributed by atoms with van der Waals surface area (Å²) in [6.45, 7) is 0.875. The number of carbonyl (C=O) groups excluding carboxylic acids is 1. The number of nitrogens with one attached hydrogen (secondary N) is 1. The molecule has 1 saturated heterocycles. The Morgan fingerprint density at radius 1 is 1.23 bits per heavy atom. The molecule has 2 aliphatic rings. The molecule has 0 bridgehead atoms. The molecule has 1 aliphatic heterocycles. The molecule has 1 saturated carbocycles. The van der Waals surface area contributed by atoms with Crippen molar-refractivity contribution in [3.05, 3.63) is 18.0 Å². The molecule has 0 aromatic carbocycles. The Kier molecular flexibility index (Phi) is 7.66. The summed E-state index contributed by atoms with van der Waals surface area (Å²) < 4.78 is 0. The first-order valence-electron chi connectivity index (χ1n) is 7.80. The van der Waals surface area contributed by atoms with Crippen molar-refractivity contribution < 1.29 is 4.79 Å². The second-order valence-electron chi connectivity index (χ2n) is 6.20. The Morgan fingerprint density at radius 3 is 2.73 bits per heavy atom. The highest BCUT2D eigenvalue weighted by Gasteiger charge is 2.34. The first-order valence-corrected chi connectivity index (χ1v) is 7.80. The number of hydrogen-bond acceptors (Lipinski definition) is 3. The Morgan fingerprint density at radius 2 is 2.05 bits per heavy atom. The van der Waals surface area contributed by atoms with E-state index in [-0.39, 0.29) is 42.8 Å². The minimum atomic E-state index is 0. The smallest absolute Gasteiger partial charge is 0.226 e. The summed E-state index contributed by atoms with van der Waals surface area (Å²) in [7, 11) is 0. The molecule has 126 valence electrons. The van der Waals surface area contributed by atoms with E-state index in [1.807, 2.05) is 12.4 Å². The van der Waals surface area contributed by atoms with Gasteiger partial charge in [-0.2, -0.15) is 5.10 Å². The average Bonchev–Trinajstić information content (AvgIpc) is 3.00. The zero-order chi connectivity index (χ0) is 13.9. The lowest BCUT2D eigenvalue weighted by Crippen LogP contribution is -2.44. The van der Waals surface area contributed by atoms with Crippen molar-refractivity contribution in [1.82, 2.24) is 15.1 Å². The van der Waals surface area contributed by atoms with E-state index in [1.165, 1.54) is 6.42 Å². The van der Waals surface area contributed by atoms with Crippen LogP contribution < -0.4 is 5.73 Å². The van der Waals surface area contributed by atoms with Crippen LogP contribution in [0.3, 0.4) is 0 Å². The Labute approximate surface area is 144 Å². The third-order valence-electron chi connectivity index (χ3n) is 4.75. The van der Waals surface area contributed by atoms with E-state index >= 15 is 0 Å². The van der Waals surface area contributed by atoms with E-state index in [0.717, 1.165) is 50.6 Å². The van der Waals surface area contributed by atoms with E-state index in [2.05, 4.69) is 15.1 Å². The van der Waals surface area contributed by atoms with Gasteiger partial charge in [0.25, 0.3) is 0 Å².